The lowest BCUT2D eigenvalue weighted by atomic mass is 9.76. The zero-order valence-electron chi connectivity index (χ0n) is 25.7. The predicted molar refractivity (Wildman–Crippen MR) is 178 cm³/mol. The number of methoxy groups -OCH3 is 1. The highest BCUT2D eigenvalue weighted by Gasteiger charge is 2.49. The van der Waals surface area contributed by atoms with E-state index in [9.17, 15) is 18.6 Å². The average Bonchev–Trinajstić information content (AvgIpc) is 3.04. The lowest BCUT2D eigenvalue weighted by molar-refractivity contribution is -0.140. The van der Waals surface area contributed by atoms with Gasteiger partial charge in [0.15, 0.2) is 0 Å². The van der Waals surface area contributed by atoms with Gasteiger partial charge in [0, 0.05) is 40.4 Å². The van der Waals surface area contributed by atoms with Gasteiger partial charge in [0.05, 0.1) is 36.7 Å². The van der Waals surface area contributed by atoms with Crippen molar-refractivity contribution in [1.82, 2.24) is 15.1 Å². The number of rotatable bonds is 11. The number of amides is 2. The molecule has 9 nitrogen and oxygen atoms in total. The van der Waals surface area contributed by atoms with Crippen molar-refractivity contribution in [2.24, 2.45) is 0 Å². The Bertz CT molecular complexity index is 1600. The summed E-state index contributed by atoms with van der Waals surface area (Å²) in [5.41, 5.74) is 6.02. The van der Waals surface area contributed by atoms with E-state index in [1.54, 1.807) is 53.6 Å². The number of esters is 1. The van der Waals surface area contributed by atoms with Crippen molar-refractivity contribution >= 4 is 52.0 Å². The number of fused-ring (bicyclic) bond motifs is 1. The minimum absolute atomic E-state index is 0.101. The zero-order chi connectivity index (χ0) is 32.8. The van der Waals surface area contributed by atoms with Crippen molar-refractivity contribution in [2.75, 3.05) is 13.4 Å². The number of benzene rings is 3. The van der Waals surface area contributed by atoms with E-state index in [0.717, 1.165) is 30.4 Å². The van der Waals surface area contributed by atoms with Crippen LogP contribution in [0.25, 0.3) is 0 Å². The first kappa shape index (κ1) is 34.1. The van der Waals surface area contributed by atoms with Crippen LogP contribution in [0.15, 0.2) is 66.7 Å². The van der Waals surface area contributed by atoms with Crippen LogP contribution in [0, 0.1) is 0 Å². The van der Waals surface area contributed by atoms with Gasteiger partial charge in [-0.1, -0.05) is 84.6 Å². The Morgan fingerprint density at radius 3 is 2.41 bits per heavy atom. The van der Waals surface area contributed by atoms with E-state index in [2.05, 4.69) is 10.2 Å². The molecule has 2 N–H and O–H groups in total. The minimum atomic E-state index is -1.30. The molecule has 1 heterocycles. The summed E-state index contributed by atoms with van der Waals surface area (Å²) in [5, 5.41) is 0.766. The van der Waals surface area contributed by atoms with Crippen LogP contribution in [0.5, 0.6) is 0 Å². The van der Waals surface area contributed by atoms with Crippen molar-refractivity contribution in [3.63, 3.8) is 0 Å². The highest BCUT2D eigenvalue weighted by Crippen LogP contribution is 2.47. The molecule has 0 saturated heterocycles. The summed E-state index contributed by atoms with van der Waals surface area (Å²) in [5.74, 6) is -1.80. The van der Waals surface area contributed by atoms with E-state index in [-0.39, 0.29) is 37.0 Å². The highest BCUT2D eigenvalue weighted by molar-refractivity contribution is 7.82. The van der Waals surface area contributed by atoms with Gasteiger partial charge in [-0.25, -0.2) is 14.4 Å². The van der Waals surface area contributed by atoms with Gasteiger partial charge in [0.2, 0.25) is 0 Å². The fraction of sp³-hybridized carbons (Fsp3) is 0.382. The maximum Gasteiger partial charge on any atom is 0.305 e. The second-order valence-corrected chi connectivity index (χ2v) is 13.6. The fourth-order valence-corrected chi connectivity index (χ4v) is 7.69. The van der Waals surface area contributed by atoms with Crippen molar-refractivity contribution in [3.05, 3.63) is 105 Å². The fourth-order valence-electron chi connectivity index (χ4n) is 6.47. The molecule has 244 valence electrons. The molecule has 2 aliphatic rings. The molecule has 1 aliphatic heterocycles. The first-order valence-electron chi connectivity index (χ1n) is 15.2. The second-order valence-electron chi connectivity index (χ2n) is 11.6. The Balaban J connectivity index is 1.45. The summed E-state index contributed by atoms with van der Waals surface area (Å²) >= 11 is 13.1. The van der Waals surface area contributed by atoms with Crippen LogP contribution in [0.4, 0.5) is 0 Å². The van der Waals surface area contributed by atoms with E-state index in [1.807, 2.05) is 24.3 Å². The molecule has 12 heteroatoms. The molecule has 3 aromatic carbocycles. The lowest BCUT2D eigenvalue weighted by Crippen LogP contribution is -2.58. The Morgan fingerprint density at radius 2 is 1.70 bits per heavy atom. The van der Waals surface area contributed by atoms with Gasteiger partial charge in [0.25, 0.3) is 11.8 Å². The third-order valence-corrected chi connectivity index (χ3v) is 9.82. The van der Waals surface area contributed by atoms with Crippen molar-refractivity contribution in [2.45, 2.75) is 69.2 Å². The summed E-state index contributed by atoms with van der Waals surface area (Å²) < 4.78 is 20.2. The van der Waals surface area contributed by atoms with E-state index in [0.29, 0.717) is 39.6 Å². The van der Waals surface area contributed by atoms with Crippen molar-refractivity contribution < 1.29 is 28.2 Å². The number of nitrogens with one attached hydrogen (secondary N) is 2. The van der Waals surface area contributed by atoms with Gasteiger partial charge in [-0.05, 0) is 59.7 Å². The van der Waals surface area contributed by atoms with Crippen LogP contribution >= 0.6 is 23.2 Å². The van der Waals surface area contributed by atoms with Crippen LogP contribution in [-0.2, 0) is 43.2 Å². The number of hydrogen-bond acceptors (Lipinski definition) is 6. The number of carbonyl (C=O) groups is 3. The molecule has 2 unspecified atom stereocenters. The SMILES string of the molecule is COC(=O)CCc1ccc(CONC(=O)[C@@H]2c3ccccc3C(=O)N(C3CCCC[C@@H]3NS(C)=O)[C@H]2c2ccc(Cl)cc2Cl)cc1. The number of hydrogen-bond donors (Lipinski definition) is 2. The van der Waals surface area contributed by atoms with Gasteiger partial charge in [-0.15, -0.1) is 0 Å². The van der Waals surface area contributed by atoms with Crippen LogP contribution in [-0.4, -0.2) is 52.3 Å². The predicted octanol–water partition coefficient (Wildman–Crippen LogP) is 5.82. The Morgan fingerprint density at radius 1 is 0.978 bits per heavy atom. The minimum Gasteiger partial charge on any atom is -0.469 e. The summed E-state index contributed by atoms with van der Waals surface area (Å²) in [6.07, 6.45) is 5.64. The van der Waals surface area contributed by atoms with Gasteiger partial charge in [0.1, 0.15) is 0 Å². The number of halogens is 2. The Labute approximate surface area is 281 Å². The molecule has 0 spiro atoms. The average molecular weight is 687 g/mol. The van der Waals surface area contributed by atoms with Crippen molar-refractivity contribution in [1.29, 1.82) is 0 Å². The molecular formula is C34H37Cl2N3O6S. The Hall–Kier alpha value is -3.28. The van der Waals surface area contributed by atoms with Crippen LogP contribution in [0.2, 0.25) is 10.0 Å². The third kappa shape index (κ3) is 7.81. The monoisotopic (exact) mass is 685 g/mol. The quantitative estimate of drug-likeness (QED) is 0.194. The van der Waals surface area contributed by atoms with E-state index < -0.39 is 28.9 Å². The topological polar surface area (TPSA) is 114 Å². The molecule has 1 saturated carbocycles. The summed E-state index contributed by atoms with van der Waals surface area (Å²) in [7, 11) is 0.0604. The van der Waals surface area contributed by atoms with Crippen molar-refractivity contribution in [3.8, 4) is 0 Å². The summed E-state index contributed by atoms with van der Waals surface area (Å²) in [6, 6.07) is 18.4. The van der Waals surface area contributed by atoms with Crippen LogP contribution < -0.4 is 10.2 Å². The summed E-state index contributed by atoms with van der Waals surface area (Å²) in [4.78, 5) is 47.5. The molecular weight excluding hydrogens is 649 g/mol. The molecule has 46 heavy (non-hydrogen) atoms. The maximum absolute atomic E-state index is 14.4. The van der Waals surface area contributed by atoms with Gasteiger partial charge in [-0.2, -0.15) is 0 Å². The van der Waals surface area contributed by atoms with Gasteiger partial charge in [-0.3, -0.25) is 19.2 Å². The Kier molecular flexibility index (Phi) is 11.5. The molecule has 1 aliphatic carbocycles. The molecule has 2 amide bonds. The normalized spacial score (nSPS) is 21.7. The smallest absolute Gasteiger partial charge is 0.305 e. The van der Waals surface area contributed by atoms with Crippen LogP contribution in [0.3, 0.4) is 0 Å². The maximum atomic E-state index is 14.4. The number of aryl methyl sites for hydroxylation is 1. The van der Waals surface area contributed by atoms with E-state index in [1.165, 1.54) is 7.11 Å². The highest BCUT2D eigenvalue weighted by atomic mass is 35.5. The number of nitrogens with zero attached hydrogens (tertiary/aromatic N) is 1. The molecule has 5 atom stereocenters. The van der Waals surface area contributed by atoms with Gasteiger partial charge < -0.3 is 9.64 Å². The second kappa shape index (κ2) is 15.5. The first-order valence-corrected chi connectivity index (χ1v) is 17.5. The molecule has 3 aromatic rings. The number of hydroxylamine groups is 1. The molecule has 5 rings (SSSR count). The lowest BCUT2D eigenvalue weighted by Gasteiger charge is -2.49. The molecule has 0 bridgehead atoms. The third-order valence-electron chi connectivity index (χ3n) is 8.62. The van der Waals surface area contributed by atoms with E-state index in [4.69, 9.17) is 32.8 Å². The summed E-state index contributed by atoms with van der Waals surface area (Å²) in [6.45, 7) is 0.101. The van der Waals surface area contributed by atoms with E-state index >= 15 is 0 Å². The molecule has 0 aromatic heterocycles. The van der Waals surface area contributed by atoms with Crippen LogP contribution in [0.1, 0.15) is 76.7 Å². The first-order chi connectivity index (χ1) is 22.2. The standard InChI is InChI=1S/C34H37Cl2N3O6S/c1-44-30(40)18-15-21-11-13-22(14-12-21)20-45-37-33(41)31-24-7-3-4-8-25(24)34(42)39(29-10-6-5-9-28(29)38-46(2)43)32(31)26-17-16-23(35)19-27(26)36/h3-4,7-8,11-14,16-17,19,28-29,31-32,38H,5-6,9-10,15,18,20H2,1-2H3,(H,37,41)/t28-,29?,31+,32-,46?/m0/s1. The largest absolute Gasteiger partial charge is 0.469 e. The van der Waals surface area contributed by atoms with Gasteiger partial charge >= 0.3 is 5.97 Å². The number of ether oxygens (including phenoxy) is 1. The molecule has 0 radical (unpaired) electrons. The number of carbonyl (C=O) groups excluding carboxylic acids is 3. The molecule has 1 fully saturated rings. The zero-order valence-corrected chi connectivity index (χ0v) is 28.0.